The van der Waals surface area contributed by atoms with Crippen molar-refractivity contribution in [2.75, 3.05) is 27.2 Å². The first-order chi connectivity index (χ1) is 12.7. The Labute approximate surface area is 155 Å². The van der Waals surface area contributed by atoms with Gasteiger partial charge >= 0.3 is 0 Å². The number of hydrogen-bond acceptors (Lipinski definition) is 4. The predicted octanol–water partition coefficient (Wildman–Crippen LogP) is 2.11. The van der Waals surface area contributed by atoms with Gasteiger partial charge < -0.3 is 19.5 Å². The van der Waals surface area contributed by atoms with Crippen LogP contribution in [0.15, 0.2) is 48.2 Å². The summed E-state index contributed by atoms with van der Waals surface area (Å²) in [6.07, 6.45) is 4.45. The molecule has 26 heavy (non-hydrogen) atoms. The summed E-state index contributed by atoms with van der Waals surface area (Å²) in [4.78, 5) is 6.82. The molecule has 7 nitrogen and oxygen atoms in total. The number of aromatic nitrogens is 3. The molecular weight excluding hydrogens is 328 g/mol. The van der Waals surface area contributed by atoms with E-state index in [1.165, 1.54) is 5.56 Å². The Morgan fingerprint density at radius 3 is 2.81 bits per heavy atom. The number of aryl methyl sites for hydroxylation is 1. The number of methoxy groups -OCH3 is 1. The van der Waals surface area contributed by atoms with Crippen molar-refractivity contribution in [3.05, 3.63) is 54.6 Å². The summed E-state index contributed by atoms with van der Waals surface area (Å²) >= 11 is 0. The fourth-order valence-corrected chi connectivity index (χ4v) is 2.56. The number of nitrogens with one attached hydrogen (secondary N) is 1. The molecule has 0 radical (unpaired) electrons. The van der Waals surface area contributed by atoms with Crippen molar-refractivity contribution in [2.45, 2.75) is 26.4 Å². The van der Waals surface area contributed by atoms with Crippen LogP contribution in [0.3, 0.4) is 0 Å². The highest BCUT2D eigenvalue weighted by Gasteiger charge is 2.07. The van der Waals surface area contributed by atoms with E-state index in [9.17, 15) is 0 Å². The van der Waals surface area contributed by atoms with Gasteiger partial charge in [0.15, 0.2) is 5.96 Å². The van der Waals surface area contributed by atoms with E-state index in [0.29, 0.717) is 13.1 Å². The minimum Gasteiger partial charge on any atom is -0.497 e. The number of nitrogens with zero attached hydrogens (tertiary/aromatic N) is 5. The van der Waals surface area contributed by atoms with Crippen molar-refractivity contribution in [1.82, 2.24) is 25.0 Å². The van der Waals surface area contributed by atoms with E-state index in [1.807, 2.05) is 29.8 Å². The highest BCUT2D eigenvalue weighted by atomic mass is 16.5. The quantitative estimate of drug-likeness (QED) is 0.423. The molecule has 0 aliphatic heterocycles. The zero-order valence-corrected chi connectivity index (χ0v) is 15.9. The van der Waals surface area contributed by atoms with Crippen molar-refractivity contribution >= 4 is 5.96 Å². The van der Waals surface area contributed by atoms with Crippen LogP contribution >= 0.6 is 0 Å². The van der Waals surface area contributed by atoms with Gasteiger partial charge in [0.25, 0.3) is 0 Å². The maximum Gasteiger partial charge on any atom is 0.194 e. The Kier molecular flexibility index (Phi) is 7.67. The van der Waals surface area contributed by atoms with Gasteiger partial charge in [0.05, 0.1) is 13.7 Å². The van der Waals surface area contributed by atoms with Crippen LogP contribution in [0.2, 0.25) is 0 Å². The highest BCUT2D eigenvalue weighted by molar-refractivity contribution is 5.79. The van der Waals surface area contributed by atoms with Crippen molar-refractivity contribution in [3.63, 3.8) is 0 Å². The topological polar surface area (TPSA) is 67.6 Å². The Balaban J connectivity index is 2.00. The van der Waals surface area contributed by atoms with Gasteiger partial charge in [-0.05, 0) is 17.7 Å². The van der Waals surface area contributed by atoms with Crippen LogP contribution in [0.5, 0.6) is 5.75 Å². The molecule has 7 heteroatoms. The summed E-state index contributed by atoms with van der Waals surface area (Å²) in [6, 6.07) is 8.06. The SMILES string of the molecule is C=CCNC(=NCCn1cnnc1CC)N(C)Cc1ccc(OC)cc1. The van der Waals surface area contributed by atoms with E-state index in [2.05, 4.69) is 46.0 Å². The van der Waals surface area contributed by atoms with Gasteiger partial charge in [0.2, 0.25) is 0 Å². The molecule has 1 aromatic carbocycles. The first-order valence-electron chi connectivity index (χ1n) is 8.77. The lowest BCUT2D eigenvalue weighted by molar-refractivity contribution is 0.414. The maximum absolute atomic E-state index is 5.21. The van der Waals surface area contributed by atoms with Gasteiger partial charge in [0, 0.05) is 33.1 Å². The summed E-state index contributed by atoms with van der Waals surface area (Å²) in [5.74, 6) is 2.68. The Morgan fingerprint density at radius 1 is 1.38 bits per heavy atom. The van der Waals surface area contributed by atoms with E-state index < -0.39 is 0 Å². The van der Waals surface area contributed by atoms with Crippen LogP contribution in [-0.4, -0.2) is 52.9 Å². The van der Waals surface area contributed by atoms with Crippen LogP contribution < -0.4 is 10.1 Å². The molecule has 0 atom stereocenters. The van der Waals surface area contributed by atoms with Crippen LogP contribution in [0.1, 0.15) is 18.3 Å². The Bertz CT molecular complexity index is 707. The molecule has 2 rings (SSSR count). The number of benzene rings is 1. The summed E-state index contributed by atoms with van der Waals surface area (Å²) < 4.78 is 7.25. The van der Waals surface area contributed by atoms with E-state index >= 15 is 0 Å². The lowest BCUT2D eigenvalue weighted by Gasteiger charge is -2.22. The van der Waals surface area contributed by atoms with Crippen LogP contribution in [0.4, 0.5) is 0 Å². The summed E-state index contributed by atoms with van der Waals surface area (Å²) in [5, 5.41) is 11.4. The lowest BCUT2D eigenvalue weighted by Crippen LogP contribution is -2.38. The first-order valence-corrected chi connectivity index (χ1v) is 8.77. The number of hydrogen-bond donors (Lipinski definition) is 1. The molecule has 1 heterocycles. The molecule has 0 fully saturated rings. The average molecular weight is 356 g/mol. The fraction of sp³-hybridized carbons (Fsp3) is 0.421. The molecule has 140 valence electrons. The fourth-order valence-electron chi connectivity index (χ4n) is 2.56. The minimum atomic E-state index is 0.650. The minimum absolute atomic E-state index is 0.650. The third-order valence-electron chi connectivity index (χ3n) is 3.96. The van der Waals surface area contributed by atoms with Gasteiger partial charge in [-0.3, -0.25) is 4.99 Å². The molecule has 1 N–H and O–H groups in total. The zero-order chi connectivity index (χ0) is 18.8. The summed E-state index contributed by atoms with van der Waals surface area (Å²) in [6.45, 7) is 8.66. The Hall–Kier alpha value is -2.83. The average Bonchev–Trinajstić information content (AvgIpc) is 3.12. The normalized spacial score (nSPS) is 11.3. The van der Waals surface area contributed by atoms with Crippen LogP contribution in [0, 0.1) is 0 Å². The smallest absolute Gasteiger partial charge is 0.194 e. The van der Waals surface area contributed by atoms with E-state index in [1.54, 1.807) is 13.4 Å². The van der Waals surface area contributed by atoms with Crippen molar-refractivity contribution in [3.8, 4) is 5.75 Å². The summed E-state index contributed by atoms with van der Waals surface area (Å²) in [5.41, 5.74) is 1.19. The molecule has 0 aliphatic carbocycles. The molecular formula is C19H28N6O. The van der Waals surface area contributed by atoms with Crippen molar-refractivity contribution in [2.24, 2.45) is 4.99 Å². The molecule has 0 bridgehead atoms. The lowest BCUT2D eigenvalue weighted by atomic mass is 10.2. The molecule has 2 aromatic rings. The second-order valence-electron chi connectivity index (χ2n) is 5.87. The monoisotopic (exact) mass is 356 g/mol. The number of rotatable bonds is 9. The third kappa shape index (κ3) is 5.61. The standard InChI is InChI=1S/C19H28N6O/c1-5-11-20-19(21-12-13-25-15-22-23-18(25)6-2)24(3)14-16-7-9-17(26-4)10-8-16/h5,7-10,15H,1,6,11-14H2,2-4H3,(H,20,21). The van der Waals surface area contributed by atoms with Crippen molar-refractivity contribution in [1.29, 1.82) is 0 Å². The molecule has 0 saturated heterocycles. The zero-order valence-electron chi connectivity index (χ0n) is 15.9. The third-order valence-corrected chi connectivity index (χ3v) is 3.96. The maximum atomic E-state index is 5.21. The summed E-state index contributed by atoms with van der Waals surface area (Å²) in [7, 11) is 3.69. The van der Waals surface area contributed by atoms with Gasteiger partial charge in [-0.2, -0.15) is 0 Å². The van der Waals surface area contributed by atoms with E-state index in [4.69, 9.17) is 9.73 Å². The van der Waals surface area contributed by atoms with Crippen LogP contribution in [0.25, 0.3) is 0 Å². The second kappa shape index (κ2) is 10.2. The molecule has 0 spiro atoms. The van der Waals surface area contributed by atoms with Gasteiger partial charge in [-0.25, -0.2) is 0 Å². The van der Waals surface area contributed by atoms with Crippen LogP contribution in [-0.2, 0) is 19.5 Å². The molecule has 0 aliphatic rings. The number of guanidine groups is 1. The molecule has 0 amide bonds. The Morgan fingerprint density at radius 2 is 2.15 bits per heavy atom. The number of ether oxygens (including phenoxy) is 1. The van der Waals surface area contributed by atoms with Gasteiger partial charge in [0.1, 0.15) is 17.9 Å². The van der Waals surface area contributed by atoms with E-state index in [0.717, 1.165) is 37.0 Å². The molecule has 0 unspecified atom stereocenters. The molecule has 0 saturated carbocycles. The second-order valence-corrected chi connectivity index (χ2v) is 5.87. The highest BCUT2D eigenvalue weighted by Crippen LogP contribution is 2.12. The van der Waals surface area contributed by atoms with Gasteiger partial charge in [-0.15, -0.1) is 16.8 Å². The van der Waals surface area contributed by atoms with Crippen molar-refractivity contribution < 1.29 is 4.74 Å². The van der Waals surface area contributed by atoms with Gasteiger partial charge in [-0.1, -0.05) is 25.1 Å². The largest absolute Gasteiger partial charge is 0.497 e. The van der Waals surface area contributed by atoms with E-state index in [-0.39, 0.29) is 0 Å². The molecule has 1 aromatic heterocycles. The number of aliphatic imine (C=N–C) groups is 1. The predicted molar refractivity (Wildman–Crippen MR) is 104 cm³/mol. The first kappa shape index (κ1) is 19.5.